The Morgan fingerprint density at radius 3 is 2.59 bits per heavy atom. The molecule has 0 aliphatic rings. The monoisotopic (exact) mass is 265 g/mol. The lowest BCUT2D eigenvalue weighted by molar-refractivity contribution is -0.134. The van der Waals surface area contributed by atoms with Crippen LogP contribution in [0.2, 0.25) is 0 Å². The van der Waals surface area contributed by atoms with E-state index >= 15 is 0 Å². The van der Waals surface area contributed by atoms with Crippen LogP contribution in [0.15, 0.2) is 23.1 Å². The number of hydrogen-bond donors (Lipinski definition) is 1. The molecule has 0 bridgehead atoms. The third kappa shape index (κ3) is 4.77. The summed E-state index contributed by atoms with van der Waals surface area (Å²) in [6.45, 7) is 1.76. The van der Waals surface area contributed by atoms with E-state index < -0.39 is 23.4 Å². The predicted octanol–water partition coefficient (Wildman–Crippen LogP) is 3.03. The second-order valence-corrected chi connectivity index (χ2v) is 5.33. The standard InChI is InChI=1S/C11H14F3NOS/c1-8-3-4-9(15)7-10(8)17(16)6-2-5-11(12,13)14/h3-4,7H,2,5-6,15H2,1H3. The van der Waals surface area contributed by atoms with Gasteiger partial charge in [-0.2, -0.15) is 13.2 Å². The minimum Gasteiger partial charge on any atom is -0.399 e. The molecule has 1 atom stereocenters. The maximum absolute atomic E-state index is 11.9. The largest absolute Gasteiger partial charge is 0.399 e. The summed E-state index contributed by atoms with van der Waals surface area (Å²) in [4.78, 5) is 0.521. The highest BCUT2D eigenvalue weighted by molar-refractivity contribution is 7.85. The van der Waals surface area contributed by atoms with Crippen molar-refractivity contribution in [3.8, 4) is 0 Å². The van der Waals surface area contributed by atoms with Crippen LogP contribution >= 0.6 is 0 Å². The quantitative estimate of drug-likeness (QED) is 0.850. The number of benzene rings is 1. The van der Waals surface area contributed by atoms with Gasteiger partial charge in [0.1, 0.15) is 0 Å². The minimum absolute atomic E-state index is 0.00377. The highest BCUT2D eigenvalue weighted by atomic mass is 32.2. The Hall–Kier alpha value is -1.04. The molecule has 96 valence electrons. The van der Waals surface area contributed by atoms with Gasteiger partial charge < -0.3 is 5.73 Å². The van der Waals surface area contributed by atoms with Gasteiger partial charge in [0.2, 0.25) is 0 Å². The molecule has 0 aliphatic heterocycles. The fourth-order valence-electron chi connectivity index (χ4n) is 1.38. The zero-order valence-corrected chi connectivity index (χ0v) is 10.2. The second-order valence-electron chi connectivity index (χ2n) is 3.79. The molecule has 1 unspecified atom stereocenters. The fourth-order valence-corrected chi connectivity index (χ4v) is 2.70. The van der Waals surface area contributed by atoms with Crippen molar-refractivity contribution in [3.63, 3.8) is 0 Å². The van der Waals surface area contributed by atoms with E-state index in [9.17, 15) is 17.4 Å². The van der Waals surface area contributed by atoms with Crippen LogP contribution in [0.5, 0.6) is 0 Å². The van der Waals surface area contributed by atoms with E-state index in [1.807, 2.05) is 0 Å². The SMILES string of the molecule is Cc1ccc(N)cc1S(=O)CCCC(F)(F)F. The number of aryl methyl sites for hydroxylation is 1. The van der Waals surface area contributed by atoms with Crippen molar-refractivity contribution in [3.05, 3.63) is 23.8 Å². The van der Waals surface area contributed by atoms with Gasteiger partial charge in [0.05, 0.1) is 10.8 Å². The van der Waals surface area contributed by atoms with E-state index in [2.05, 4.69) is 0 Å². The first-order valence-corrected chi connectivity index (χ1v) is 6.43. The van der Waals surface area contributed by atoms with Crippen LogP contribution in [-0.4, -0.2) is 16.1 Å². The predicted molar refractivity (Wildman–Crippen MR) is 62.2 cm³/mol. The Labute approximate surface area is 100 Å². The topological polar surface area (TPSA) is 43.1 Å². The van der Waals surface area contributed by atoms with Crippen LogP contribution in [0.4, 0.5) is 18.9 Å². The molecule has 0 radical (unpaired) electrons. The Bertz CT molecular complexity index is 418. The molecule has 1 aromatic rings. The van der Waals surface area contributed by atoms with Crippen molar-refractivity contribution in [2.75, 3.05) is 11.5 Å². The van der Waals surface area contributed by atoms with E-state index in [0.29, 0.717) is 10.6 Å². The van der Waals surface area contributed by atoms with E-state index in [4.69, 9.17) is 5.73 Å². The lowest BCUT2D eigenvalue weighted by Crippen LogP contribution is -2.10. The van der Waals surface area contributed by atoms with Crippen molar-refractivity contribution in [1.82, 2.24) is 0 Å². The van der Waals surface area contributed by atoms with Crippen LogP contribution in [0.1, 0.15) is 18.4 Å². The van der Waals surface area contributed by atoms with Gasteiger partial charge in [-0.05, 0) is 31.0 Å². The summed E-state index contributed by atoms with van der Waals surface area (Å²) < 4.78 is 47.6. The molecule has 1 rings (SSSR count). The number of halogens is 3. The second kappa shape index (κ2) is 5.53. The molecule has 0 spiro atoms. The van der Waals surface area contributed by atoms with Gasteiger partial charge in [0.25, 0.3) is 0 Å². The summed E-state index contributed by atoms with van der Waals surface area (Å²) in [6, 6.07) is 4.94. The molecule has 0 amide bonds. The van der Waals surface area contributed by atoms with Crippen molar-refractivity contribution in [2.24, 2.45) is 0 Å². The molecule has 0 fully saturated rings. The number of anilines is 1. The average Bonchev–Trinajstić information content (AvgIpc) is 2.19. The lowest BCUT2D eigenvalue weighted by Gasteiger charge is -2.08. The Morgan fingerprint density at radius 1 is 1.35 bits per heavy atom. The molecule has 17 heavy (non-hydrogen) atoms. The molecule has 0 saturated heterocycles. The van der Waals surface area contributed by atoms with E-state index in [1.54, 1.807) is 25.1 Å². The summed E-state index contributed by atoms with van der Waals surface area (Å²) in [5.74, 6) is 0.00377. The van der Waals surface area contributed by atoms with Gasteiger partial charge in [0, 0.05) is 22.8 Å². The molecule has 2 nitrogen and oxygen atoms in total. The molecule has 0 heterocycles. The fraction of sp³-hybridized carbons (Fsp3) is 0.455. The minimum atomic E-state index is -4.19. The van der Waals surface area contributed by atoms with Crippen molar-refractivity contribution < 1.29 is 17.4 Å². The zero-order chi connectivity index (χ0) is 13.1. The van der Waals surface area contributed by atoms with Crippen LogP contribution in [0.3, 0.4) is 0 Å². The van der Waals surface area contributed by atoms with E-state index in [1.165, 1.54) is 0 Å². The maximum Gasteiger partial charge on any atom is 0.389 e. The number of nitrogen functional groups attached to an aromatic ring is 1. The van der Waals surface area contributed by atoms with Gasteiger partial charge in [0.15, 0.2) is 0 Å². The molecular weight excluding hydrogens is 251 g/mol. The van der Waals surface area contributed by atoms with Crippen LogP contribution < -0.4 is 5.73 Å². The molecule has 0 aromatic heterocycles. The highest BCUT2D eigenvalue weighted by Gasteiger charge is 2.26. The first kappa shape index (κ1) is 14.0. The Kier molecular flexibility index (Phi) is 4.56. The number of hydrogen-bond acceptors (Lipinski definition) is 2. The third-order valence-electron chi connectivity index (χ3n) is 2.25. The lowest BCUT2D eigenvalue weighted by atomic mass is 10.2. The molecule has 0 saturated carbocycles. The number of rotatable bonds is 4. The summed E-state index contributed by atoms with van der Waals surface area (Å²) in [5.41, 5.74) is 6.80. The van der Waals surface area contributed by atoms with Gasteiger partial charge >= 0.3 is 6.18 Å². The molecule has 0 aliphatic carbocycles. The van der Waals surface area contributed by atoms with Crippen molar-refractivity contribution in [2.45, 2.75) is 30.8 Å². The zero-order valence-electron chi connectivity index (χ0n) is 9.38. The summed E-state index contributed by atoms with van der Waals surface area (Å²) in [7, 11) is -1.42. The highest BCUT2D eigenvalue weighted by Crippen LogP contribution is 2.23. The van der Waals surface area contributed by atoms with Gasteiger partial charge in [-0.3, -0.25) is 4.21 Å². The third-order valence-corrected chi connectivity index (χ3v) is 3.84. The molecule has 6 heteroatoms. The smallest absolute Gasteiger partial charge is 0.389 e. The van der Waals surface area contributed by atoms with E-state index in [-0.39, 0.29) is 12.2 Å². The Balaban J connectivity index is 2.61. The Morgan fingerprint density at radius 2 is 2.00 bits per heavy atom. The van der Waals surface area contributed by atoms with Crippen LogP contribution in [0.25, 0.3) is 0 Å². The number of nitrogens with two attached hydrogens (primary N) is 1. The first-order valence-electron chi connectivity index (χ1n) is 5.11. The molecule has 2 N–H and O–H groups in total. The van der Waals surface area contributed by atoms with Gasteiger partial charge in [-0.15, -0.1) is 0 Å². The maximum atomic E-state index is 11.9. The molecule has 1 aromatic carbocycles. The van der Waals surface area contributed by atoms with Crippen LogP contribution in [-0.2, 0) is 10.8 Å². The van der Waals surface area contributed by atoms with Gasteiger partial charge in [-0.25, -0.2) is 0 Å². The van der Waals surface area contributed by atoms with Crippen molar-refractivity contribution in [1.29, 1.82) is 0 Å². The number of alkyl halides is 3. The summed E-state index contributed by atoms with van der Waals surface area (Å²) in [6.07, 6.45) is -5.22. The van der Waals surface area contributed by atoms with Gasteiger partial charge in [-0.1, -0.05) is 6.07 Å². The molecular formula is C11H14F3NOS. The normalized spacial score (nSPS) is 13.6. The summed E-state index contributed by atoms with van der Waals surface area (Å²) >= 11 is 0. The van der Waals surface area contributed by atoms with Crippen LogP contribution in [0, 0.1) is 6.92 Å². The summed E-state index contributed by atoms with van der Waals surface area (Å²) in [5, 5.41) is 0. The van der Waals surface area contributed by atoms with E-state index in [0.717, 1.165) is 5.56 Å². The van der Waals surface area contributed by atoms with Crippen molar-refractivity contribution >= 4 is 16.5 Å². The first-order chi connectivity index (χ1) is 7.79. The average molecular weight is 265 g/mol.